The minimum absolute atomic E-state index is 0.172. The van der Waals surface area contributed by atoms with Crippen LogP contribution in [0.15, 0.2) is 6.20 Å². The Morgan fingerprint density at radius 1 is 1.69 bits per heavy atom. The van der Waals surface area contributed by atoms with Crippen molar-refractivity contribution >= 4 is 0 Å². The first-order chi connectivity index (χ1) is 6.24. The van der Waals surface area contributed by atoms with Crippen molar-refractivity contribution in [3.63, 3.8) is 0 Å². The lowest BCUT2D eigenvalue weighted by molar-refractivity contribution is 0.544. The number of hydrogen-bond donors (Lipinski definition) is 1. The summed E-state index contributed by atoms with van der Waals surface area (Å²) in [4.78, 5) is 0. The van der Waals surface area contributed by atoms with E-state index in [4.69, 9.17) is 5.73 Å². The zero-order chi connectivity index (χ0) is 9.26. The van der Waals surface area contributed by atoms with E-state index in [0.717, 1.165) is 24.6 Å². The van der Waals surface area contributed by atoms with Crippen molar-refractivity contribution in [1.82, 2.24) is 15.0 Å². The Kier molecular flexibility index (Phi) is 2.31. The van der Waals surface area contributed by atoms with Crippen molar-refractivity contribution in [2.24, 2.45) is 11.7 Å². The Morgan fingerprint density at radius 3 is 3.08 bits per heavy atom. The molecule has 4 heteroatoms. The van der Waals surface area contributed by atoms with Gasteiger partial charge in [-0.1, -0.05) is 5.21 Å². The lowest BCUT2D eigenvalue weighted by Crippen LogP contribution is -2.17. The Morgan fingerprint density at radius 2 is 2.46 bits per heavy atom. The predicted octanol–water partition coefficient (Wildman–Crippen LogP) is 0.578. The third kappa shape index (κ3) is 2.52. The molecule has 1 aliphatic rings. The summed E-state index contributed by atoms with van der Waals surface area (Å²) in [6.07, 6.45) is 5.54. The van der Waals surface area contributed by atoms with E-state index in [1.165, 1.54) is 12.8 Å². The number of rotatable bonds is 4. The van der Waals surface area contributed by atoms with E-state index in [-0.39, 0.29) is 6.04 Å². The number of nitrogens with zero attached hydrogens (tertiary/aromatic N) is 3. The molecule has 13 heavy (non-hydrogen) atoms. The summed E-state index contributed by atoms with van der Waals surface area (Å²) in [5, 5.41) is 8.13. The average Bonchev–Trinajstić information content (AvgIpc) is 2.73. The van der Waals surface area contributed by atoms with Gasteiger partial charge in [0, 0.05) is 25.2 Å². The normalized spacial score (nSPS) is 18.9. The van der Waals surface area contributed by atoms with Crippen LogP contribution in [-0.4, -0.2) is 21.0 Å². The van der Waals surface area contributed by atoms with Crippen LogP contribution in [0.5, 0.6) is 0 Å². The lowest BCUT2D eigenvalue weighted by Gasteiger charge is -1.98. The fourth-order valence-corrected chi connectivity index (χ4v) is 1.42. The minimum atomic E-state index is 0.172. The van der Waals surface area contributed by atoms with E-state index in [0.29, 0.717) is 0 Å². The second kappa shape index (κ2) is 3.46. The predicted molar refractivity (Wildman–Crippen MR) is 50.1 cm³/mol. The van der Waals surface area contributed by atoms with Crippen LogP contribution in [0.2, 0.25) is 0 Å². The Bertz CT molecular complexity index is 256. The summed E-state index contributed by atoms with van der Waals surface area (Å²) in [7, 11) is 0. The molecule has 0 bridgehead atoms. The van der Waals surface area contributed by atoms with Gasteiger partial charge in [-0.05, 0) is 25.7 Å². The Balaban J connectivity index is 1.91. The quantitative estimate of drug-likeness (QED) is 0.737. The minimum Gasteiger partial charge on any atom is -0.328 e. The van der Waals surface area contributed by atoms with Crippen molar-refractivity contribution < 1.29 is 0 Å². The summed E-state index contributed by atoms with van der Waals surface area (Å²) in [5.41, 5.74) is 6.68. The highest BCUT2D eigenvalue weighted by atomic mass is 15.4. The molecule has 0 aromatic carbocycles. The molecule has 0 radical (unpaired) electrons. The molecule has 2 N–H and O–H groups in total. The van der Waals surface area contributed by atoms with Gasteiger partial charge < -0.3 is 5.73 Å². The van der Waals surface area contributed by atoms with Gasteiger partial charge in [0.05, 0.1) is 5.69 Å². The fourth-order valence-electron chi connectivity index (χ4n) is 1.42. The number of hydrogen-bond acceptors (Lipinski definition) is 3. The zero-order valence-electron chi connectivity index (χ0n) is 7.98. The molecule has 2 rings (SSSR count). The summed E-state index contributed by atoms with van der Waals surface area (Å²) in [5.74, 6) is 0.852. The van der Waals surface area contributed by atoms with Crippen molar-refractivity contribution in [1.29, 1.82) is 0 Å². The van der Waals surface area contributed by atoms with Crippen LogP contribution in [-0.2, 0) is 13.0 Å². The molecule has 0 spiro atoms. The van der Waals surface area contributed by atoms with Gasteiger partial charge in [0.25, 0.3) is 0 Å². The summed E-state index contributed by atoms with van der Waals surface area (Å²) >= 11 is 0. The molecule has 1 atom stereocenters. The third-order valence-electron chi connectivity index (χ3n) is 2.26. The SMILES string of the molecule is C[C@H](N)Cc1cn(CC2CC2)nn1. The number of nitrogens with two attached hydrogens (primary N) is 1. The van der Waals surface area contributed by atoms with E-state index in [2.05, 4.69) is 10.3 Å². The van der Waals surface area contributed by atoms with Crippen molar-refractivity contribution in [3.8, 4) is 0 Å². The maximum Gasteiger partial charge on any atom is 0.0842 e. The second-order valence-corrected chi connectivity index (χ2v) is 4.06. The first kappa shape index (κ1) is 8.69. The molecule has 0 amide bonds. The molecule has 0 unspecified atom stereocenters. The van der Waals surface area contributed by atoms with Crippen LogP contribution in [0, 0.1) is 5.92 Å². The van der Waals surface area contributed by atoms with Crippen molar-refractivity contribution in [2.45, 2.75) is 38.8 Å². The van der Waals surface area contributed by atoms with Crippen molar-refractivity contribution in [3.05, 3.63) is 11.9 Å². The largest absolute Gasteiger partial charge is 0.328 e. The van der Waals surface area contributed by atoms with Gasteiger partial charge in [-0.3, -0.25) is 4.68 Å². The molecule has 1 saturated carbocycles. The maximum absolute atomic E-state index is 5.67. The molecular formula is C9H16N4. The van der Waals surface area contributed by atoms with Crippen LogP contribution in [0.1, 0.15) is 25.5 Å². The monoisotopic (exact) mass is 180 g/mol. The van der Waals surface area contributed by atoms with Crippen LogP contribution in [0.3, 0.4) is 0 Å². The van der Waals surface area contributed by atoms with Gasteiger partial charge in [0.1, 0.15) is 0 Å². The van der Waals surface area contributed by atoms with Gasteiger partial charge in [-0.25, -0.2) is 0 Å². The Hall–Kier alpha value is -0.900. The molecule has 1 aliphatic carbocycles. The maximum atomic E-state index is 5.67. The molecule has 1 aromatic heterocycles. The van der Waals surface area contributed by atoms with Gasteiger partial charge in [0.15, 0.2) is 0 Å². The molecule has 1 aromatic rings. The molecular weight excluding hydrogens is 164 g/mol. The summed E-state index contributed by atoms with van der Waals surface area (Å²) in [6, 6.07) is 0.172. The highest BCUT2D eigenvalue weighted by molar-refractivity contribution is 4.95. The van der Waals surface area contributed by atoms with E-state index < -0.39 is 0 Å². The zero-order valence-corrected chi connectivity index (χ0v) is 7.98. The standard InChI is InChI=1S/C9H16N4/c1-7(10)4-9-6-13(12-11-9)5-8-2-3-8/h6-8H,2-5,10H2,1H3/t7-/m0/s1. The summed E-state index contributed by atoms with van der Waals surface area (Å²) in [6.45, 7) is 3.02. The second-order valence-electron chi connectivity index (χ2n) is 4.06. The van der Waals surface area contributed by atoms with Crippen molar-refractivity contribution in [2.75, 3.05) is 0 Å². The first-order valence-corrected chi connectivity index (χ1v) is 4.88. The van der Waals surface area contributed by atoms with Crippen LogP contribution < -0.4 is 5.73 Å². The van der Waals surface area contributed by atoms with E-state index in [1.54, 1.807) is 0 Å². The van der Waals surface area contributed by atoms with Crippen LogP contribution in [0.4, 0.5) is 0 Å². The van der Waals surface area contributed by atoms with Gasteiger partial charge >= 0.3 is 0 Å². The highest BCUT2D eigenvalue weighted by Gasteiger charge is 2.22. The molecule has 0 aliphatic heterocycles. The molecule has 72 valence electrons. The molecule has 1 heterocycles. The third-order valence-corrected chi connectivity index (χ3v) is 2.26. The molecule has 4 nitrogen and oxygen atoms in total. The summed E-state index contributed by atoms with van der Waals surface area (Å²) < 4.78 is 1.94. The smallest absolute Gasteiger partial charge is 0.0842 e. The van der Waals surface area contributed by atoms with Gasteiger partial charge in [0.2, 0.25) is 0 Å². The number of aromatic nitrogens is 3. The van der Waals surface area contributed by atoms with E-state index in [1.807, 2.05) is 17.8 Å². The van der Waals surface area contributed by atoms with Crippen LogP contribution >= 0.6 is 0 Å². The average molecular weight is 180 g/mol. The Labute approximate surface area is 78.1 Å². The van der Waals surface area contributed by atoms with E-state index in [9.17, 15) is 0 Å². The molecule has 1 fully saturated rings. The molecule has 0 saturated heterocycles. The highest BCUT2D eigenvalue weighted by Crippen LogP contribution is 2.30. The van der Waals surface area contributed by atoms with Gasteiger partial charge in [-0.15, -0.1) is 5.10 Å². The van der Waals surface area contributed by atoms with E-state index >= 15 is 0 Å². The van der Waals surface area contributed by atoms with Crippen LogP contribution in [0.25, 0.3) is 0 Å². The lowest BCUT2D eigenvalue weighted by atomic mass is 10.2. The topological polar surface area (TPSA) is 56.7 Å². The first-order valence-electron chi connectivity index (χ1n) is 4.88. The van der Waals surface area contributed by atoms with Gasteiger partial charge in [-0.2, -0.15) is 0 Å². The fraction of sp³-hybridized carbons (Fsp3) is 0.778.